The number of aromatic hydroxyl groups is 1. The number of para-hydroxylation sites is 1. The Labute approximate surface area is 128 Å². The lowest BCUT2D eigenvalue weighted by molar-refractivity contribution is -0.136. The van der Waals surface area contributed by atoms with Gasteiger partial charge in [0.15, 0.2) is 0 Å². The molecular formula is C18H17NO3. The standard InChI is InChI=1S/C18H17NO3/c1-12-15(10-17(21)22)14-8-5-9-16(20)18(14)19(12)11-13-6-3-2-4-7-13/h2-9,20H,10-11H2,1H3,(H,21,22). The molecule has 22 heavy (non-hydrogen) atoms. The molecule has 2 N–H and O–H groups in total. The van der Waals surface area contributed by atoms with Gasteiger partial charge in [0.1, 0.15) is 5.75 Å². The summed E-state index contributed by atoms with van der Waals surface area (Å²) < 4.78 is 1.98. The molecule has 0 amide bonds. The molecule has 1 heterocycles. The van der Waals surface area contributed by atoms with E-state index in [1.807, 2.05) is 47.9 Å². The van der Waals surface area contributed by atoms with Crippen LogP contribution in [0.4, 0.5) is 0 Å². The molecule has 3 rings (SSSR count). The number of hydrogen-bond acceptors (Lipinski definition) is 2. The number of carboxylic acid groups (broad SMARTS) is 1. The second kappa shape index (κ2) is 5.56. The summed E-state index contributed by atoms with van der Waals surface area (Å²) in [6, 6.07) is 15.2. The molecule has 0 atom stereocenters. The van der Waals surface area contributed by atoms with Gasteiger partial charge in [-0.2, -0.15) is 0 Å². The zero-order valence-corrected chi connectivity index (χ0v) is 12.3. The minimum Gasteiger partial charge on any atom is -0.506 e. The normalized spacial score (nSPS) is 11.0. The van der Waals surface area contributed by atoms with Gasteiger partial charge in [-0.1, -0.05) is 42.5 Å². The molecule has 0 unspecified atom stereocenters. The van der Waals surface area contributed by atoms with Crippen LogP contribution in [0, 0.1) is 6.92 Å². The van der Waals surface area contributed by atoms with E-state index in [-0.39, 0.29) is 12.2 Å². The molecule has 0 aliphatic heterocycles. The Balaban J connectivity index is 2.20. The highest BCUT2D eigenvalue weighted by Crippen LogP contribution is 2.33. The maximum Gasteiger partial charge on any atom is 0.307 e. The van der Waals surface area contributed by atoms with Gasteiger partial charge < -0.3 is 14.8 Å². The van der Waals surface area contributed by atoms with Crippen molar-refractivity contribution >= 4 is 16.9 Å². The summed E-state index contributed by atoms with van der Waals surface area (Å²) >= 11 is 0. The number of phenolic OH excluding ortho intramolecular Hbond substituents is 1. The smallest absolute Gasteiger partial charge is 0.307 e. The lowest BCUT2D eigenvalue weighted by atomic mass is 10.1. The van der Waals surface area contributed by atoms with Gasteiger partial charge in [-0.05, 0) is 24.1 Å². The van der Waals surface area contributed by atoms with Crippen molar-refractivity contribution in [1.29, 1.82) is 0 Å². The zero-order chi connectivity index (χ0) is 15.7. The van der Waals surface area contributed by atoms with Crippen LogP contribution in [0.1, 0.15) is 16.8 Å². The van der Waals surface area contributed by atoms with Crippen molar-refractivity contribution in [2.24, 2.45) is 0 Å². The van der Waals surface area contributed by atoms with Crippen molar-refractivity contribution in [1.82, 2.24) is 4.57 Å². The maximum absolute atomic E-state index is 11.1. The van der Waals surface area contributed by atoms with Crippen molar-refractivity contribution in [2.45, 2.75) is 19.9 Å². The molecule has 2 aromatic carbocycles. The second-order valence-corrected chi connectivity index (χ2v) is 5.38. The summed E-state index contributed by atoms with van der Waals surface area (Å²) in [5.74, 6) is -0.696. The van der Waals surface area contributed by atoms with Crippen LogP contribution in [-0.4, -0.2) is 20.7 Å². The highest BCUT2D eigenvalue weighted by atomic mass is 16.4. The third-order valence-electron chi connectivity index (χ3n) is 3.96. The Morgan fingerprint density at radius 2 is 1.82 bits per heavy atom. The highest BCUT2D eigenvalue weighted by Gasteiger charge is 2.18. The molecule has 3 aromatic rings. The van der Waals surface area contributed by atoms with Crippen LogP contribution in [0.25, 0.3) is 10.9 Å². The number of rotatable bonds is 4. The summed E-state index contributed by atoms with van der Waals surface area (Å²) in [5.41, 5.74) is 3.44. The summed E-state index contributed by atoms with van der Waals surface area (Å²) in [6.45, 7) is 2.50. The van der Waals surface area contributed by atoms with Crippen molar-refractivity contribution < 1.29 is 15.0 Å². The van der Waals surface area contributed by atoms with Crippen LogP contribution in [0.15, 0.2) is 48.5 Å². The van der Waals surface area contributed by atoms with Crippen molar-refractivity contribution in [2.75, 3.05) is 0 Å². The zero-order valence-electron chi connectivity index (χ0n) is 12.3. The average Bonchev–Trinajstić information content (AvgIpc) is 2.75. The Hall–Kier alpha value is -2.75. The fourth-order valence-electron chi connectivity index (χ4n) is 2.92. The monoisotopic (exact) mass is 295 g/mol. The first kappa shape index (κ1) is 14.2. The summed E-state index contributed by atoms with van der Waals surface area (Å²) in [4.78, 5) is 11.1. The van der Waals surface area contributed by atoms with E-state index in [1.165, 1.54) is 0 Å². The number of fused-ring (bicyclic) bond motifs is 1. The predicted octanol–water partition coefficient (Wildman–Crippen LogP) is 3.33. The molecule has 0 fully saturated rings. The molecule has 4 heteroatoms. The number of phenols is 1. The number of carbonyl (C=O) groups is 1. The van der Waals surface area contributed by atoms with Gasteiger partial charge in [-0.15, -0.1) is 0 Å². The average molecular weight is 295 g/mol. The lowest BCUT2D eigenvalue weighted by Crippen LogP contribution is -2.05. The van der Waals surface area contributed by atoms with E-state index >= 15 is 0 Å². The number of hydrogen-bond donors (Lipinski definition) is 2. The molecule has 0 bridgehead atoms. The largest absolute Gasteiger partial charge is 0.506 e. The minimum atomic E-state index is -0.870. The Morgan fingerprint density at radius 3 is 2.50 bits per heavy atom. The topological polar surface area (TPSA) is 62.5 Å². The van der Waals surface area contributed by atoms with E-state index in [4.69, 9.17) is 5.11 Å². The van der Waals surface area contributed by atoms with E-state index in [2.05, 4.69) is 0 Å². The lowest BCUT2D eigenvalue weighted by Gasteiger charge is -2.09. The molecule has 0 spiro atoms. The van der Waals surface area contributed by atoms with Gasteiger partial charge >= 0.3 is 5.97 Å². The first-order valence-electron chi connectivity index (χ1n) is 7.13. The molecule has 0 saturated heterocycles. The van der Waals surface area contributed by atoms with Crippen LogP contribution in [0.2, 0.25) is 0 Å². The molecule has 0 aliphatic carbocycles. The van der Waals surface area contributed by atoms with E-state index < -0.39 is 5.97 Å². The van der Waals surface area contributed by atoms with Gasteiger partial charge in [0.2, 0.25) is 0 Å². The quantitative estimate of drug-likeness (QED) is 0.776. The fourth-order valence-corrected chi connectivity index (χ4v) is 2.92. The van der Waals surface area contributed by atoms with Crippen molar-refractivity contribution in [3.05, 3.63) is 65.4 Å². The van der Waals surface area contributed by atoms with Crippen LogP contribution in [-0.2, 0) is 17.8 Å². The molecule has 112 valence electrons. The Bertz CT molecular complexity index is 834. The number of aromatic nitrogens is 1. The van der Waals surface area contributed by atoms with E-state index in [1.54, 1.807) is 12.1 Å². The van der Waals surface area contributed by atoms with Gasteiger partial charge in [0.25, 0.3) is 0 Å². The summed E-state index contributed by atoms with van der Waals surface area (Å²) in [6.07, 6.45) is -0.0480. The Morgan fingerprint density at radius 1 is 1.09 bits per heavy atom. The Kier molecular flexibility index (Phi) is 3.59. The number of benzene rings is 2. The number of nitrogens with zero attached hydrogens (tertiary/aromatic N) is 1. The molecular weight excluding hydrogens is 278 g/mol. The molecule has 1 aromatic heterocycles. The number of carboxylic acids is 1. The van der Waals surface area contributed by atoms with Gasteiger partial charge in [-0.3, -0.25) is 4.79 Å². The third kappa shape index (κ3) is 2.44. The van der Waals surface area contributed by atoms with E-state index in [0.717, 1.165) is 22.2 Å². The van der Waals surface area contributed by atoms with E-state index in [9.17, 15) is 9.90 Å². The summed E-state index contributed by atoms with van der Waals surface area (Å²) in [5, 5.41) is 20.2. The fraction of sp³-hybridized carbons (Fsp3) is 0.167. The third-order valence-corrected chi connectivity index (χ3v) is 3.96. The first-order valence-corrected chi connectivity index (χ1v) is 7.13. The van der Waals surface area contributed by atoms with Crippen molar-refractivity contribution in [3.63, 3.8) is 0 Å². The minimum absolute atomic E-state index is 0.0480. The highest BCUT2D eigenvalue weighted by molar-refractivity contribution is 5.92. The van der Waals surface area contributed by atoms with Crippen molar-refractivity contribution in [3.8, 4) is 5.75 Å². The van der Waals surface area contributed by atoms with Crippen LogP contribution >= 0.6 is 0 Å². The van der Waals surface area contributed by atoms with Crippen LogP contribution in [0.3, 0.4) is 0 Å². The van der Waals surface area contributed by atoms with Gasteiger partial charge in [0, 0.05) is 17.6 Å². The molecule has 0 saturated carbocycles. The SMILES string of the molecule is Cc1c(CC(=O)O)c2cccc(O)c2n1Cc1ccccc1. The molecule has 0 aliphatic rings. The van der Waals surface area contributed by atoms with Crippen LogP contribution < -0.4 is 0 Å². The van der Waals surface area contributed by atoms with E-state index in [0.29, 0.717) is 12.1 Å². The van der Waals surface area contributed by atoms with Gasteiger partial charge in [-0.25, -0.2) is 0 Å². The maximum atomic E-state index is 11.1. The first-order chi connectivity index (χ1) is 10.6. The van der Waals surface area contributed by atoms with Crippen LogP contribution in [0.5, 0.6) is 5.75 Å². The van der Waals surface area contributed by atoms with Gasteiger partial charge in [0.05, 0.1) is 11.9 Å². The molecule has 4 nitrogen and oxygen atoms in total. The number of aliphatic carboxylic acids is 1. The predicted molar refractivity (Wildman–Crippen MR) is 85.2 cm³/mol. The second-order valence-electron chi connectivity index (χ2n) is 5.38. The summed E-state index contributed by atoms with van der Waals surface area (Å²) in [7, 11) is 0. The molecule has 0 radical (unpaired) electrons.